The average Bonchev–Trinajstić information content (AvgIpc) is 1.94. The van der Waals surface area contributed by atoms with Crippen LogP contribution in [0.1, 0.15) is 12.6 Å². The van der Waals surface area contributed by atoms with Crippen LogP contribution in [0.4, 0.5) is 0 Å². The summed E-state index contributed by atoms with van der Waals surface area (Å²) in [6.07, 6.45) is 0. The average molecular weight is 173 g/mol. The Bertz CT molecular complexity index is 279. The van der Waals surface area contributed by atoms with Crippen molar-refractivity contribution in [3.8, 4) is 5.75 Å². The summed E-state index contributed by atoms with van der Waals surface area (Å²) in [6.45, 7) is 2.76. The van der Waals surface area contributed by atoms with Crippen molar-refractivity contribution in [1.82, 2.24) is 4.90 Å². The van der Waals surface area contributed by atoms with E-state index in [1.807, 2.05) is 38.1 Å². The van der Waals surface area contributed by atoms with Gasteiger partial charge < -0.3 is 11.4 Å². The number of phenols is 1. The molecule has 0 saturated carbocycles. The Hall–Kier alpha value is -0.423. The number of aryl methyl sites for hydroxylation is 1. The Morgan fingerprint density at radius 2 is 2.00 bits per heavy atom. The molecule has 0 atom stereocenters. The van der Waals surface area contributed by atoms with Gasteiger partial charge in [-0.05, 0) is 32.6 Å². The first-order chi connectivity index (χ1) is 5.59. The Morgan fingerprint density at radius 3 is 2.46 bits per heavy atom. The van der Waals surface area contributed by atoms with Crippen LogP contribution in [-0.2, 0) is 6.54 Å². The zero-order chi connectivity index (χ0) is 9.14. The van der Waals surface area contributed by atoms with Gasteiger partial charge in [-0.1, -0.05) is 12.1 Å². The van der Waals surface area contributed by atoms with Crippen LogP contribution in [-0.4, -0.2) is 24.1 Å². The van der Waals surface area contributed by atoms with E-state index >= 15 is 0 Å². The second-order valence-corrected chi connectivity index (χ2v) is 3.37. The SMILES string of the molecule is Cc1ccc(CN(C)C)c(O)c1.[H-].[Li+]. The molecule has 13 heavy (non-hydrogen) atoms. The molecule has 0 aromatic heterocycles. The van der Waals surface area contributed by atoms with E-state index in [9.17, 15) is 5.11 Å². The van der Waals surface area contributed by atoms with E-state index < -0.39 is 0 Å². The van der Waals surface area contributed by atoms with Crippen molar-refractivity contribution in [2.45, 2.75) is 13.5 Å². The fraction of sp³-hybridized carbons (Fsp3) is 0.400. The third-order valence-electron chi connectivity index (χ3n) is 1.73. The smallest absolute Gasteiger partial charge is 1.00 e. The number of aromatic hydroxyl groups is 1. The van der Waals surface area contributed by atoms with Gasteiger partial charge in [-0.25, -0.2) is 0 Å². The Balaban J connectivity index is 0. The third-order valence-corrected chi connectivity index (χ3v) is 1.73. The first-order valence-corrected chi connectivity index (χ1v) is 4.03. The Morgan fingerprint density at radius 1 is 1.38 bits per heavy atom. The van der Waals surface area contributed by atoms with E-state index in [4.69, 9.17) is 0 Å². The minimum absolute atomic E-state index is 0. The molecule has 0 bridgehead atoms. The quantitative estimate of drug-likeness (QED) is 0.573. The largest absolute Gasteiger partial charge is 1.00 e. The van der Waals surface area contributed by atoms with Gasteiger partial charge in [0.1, 0.15) is 5.75 Å². The van der Waals surface area contributed by atoms with E-state index in [2.05, 4.69) is 0 Å². The molecule has 0 amide bonds. The van der Waals surface area contributed by atoms with Gasteiger partial charge in [-0.2, -0.15) is 0 Å². The number of hydrogen-bond donors (Lipinski definition) is 1. The summed E-state index contributed by atoms with van der Waals surface area (Å²) in [7, 11) is 3.97. The number of rotatable bonds is 2. The summed E-state index contributed by atoms with van der Waals surface area (Å²) >= 11 is 0. The van der Waals surface area contributed by atoms with Crippen LogP contribution in [0.15, 0.2) is 18.2 Å². The first kappa shape index (κ1) is 12.6. The molecule has 2 nitrogen and oxygen atoms in total. The molecular formula is C10H16LiNO. The third kappa shape index (κ3) is 3.86. The summed E-state index contributed by atoms with van der Waals surface area (Å²) in [5, 5.41) is 9.51. The molecule has 3 heteroatoms. The summed E-state index contributed by atoms with van der Waals surface area (Å²) in [5.74, 6) is 0.392. The number of phenolic OH excluding ortho intramolecular Hbond substituents is 1. The predicted octanol–water partition coefficient (Wildman–Crippen LogP) is -1.12. The van der Waals surface area contributed by atoms with Crippen LogP contribution in [0.5, 0.6) is 5.75 Å². The van der Waals surface area contributed by atoms with Crippen LogP contribution >= 0.6 is 0 Å². The van der Waals surface area contributed by atoms with Crippen LogP contribution in [0, 0.1) is 6.92 Å². The molecule has 0 unspecified atom stereocenters. The Kier molecular flexibility index (Phi) is 5.16. The standard InChI is InChI=1S/C10H15NO.Li.H/c1-8-4-5-9(7-11(2)3)10(12)6-8;;/h4-6,12H,7H2,1-3H3;;/q;+1;-1. The van der Waals surface area contributed by atoms with Crippen molar-refractivity contribution < 1.29 is 25.4 Å². The van der Waals surface area contributed by atoms with E-state index in [-0.39, 0.29) is 20.3 Å². The fourth-order valence-electron chi connectivity index (χ4n) is 1.15. The summed E-state index contributed by atoms with van der Waals surface area (Å²) in [4.78, 5) is 2.03. The van der Waals surface area contributed by atoms with Crippen LogP contribution in [0.2, 0.25) is 0 Å². The van der Waals surface area contributed by atoms with Crippen LogP contribution in [0.3, 0.4) is 0 Å². The zero-order valence-corrected chi connectivity index (χ0v) is 8.83. The number of benzene rings is 1. The van der Waals surface area contributed by atoms with Crippen molar-refractivity contribution in [2.24, 2.45) is 0 Å². The van der Waals surface area contributed by atoms with Gasteiger partial charge in [0, 0.05) is 12.1 Å². The topological polar surface area (TPSA) is 23.5 Å². The molecule has 0 fully saturated rings. The second-order valence-electron chi connectivity index (χ2n) is 3.37. The van der Waals surface area contributed by atoms with Crippen LogP contribution in [0.25, 0.3) is 0 Å². The van der Waals surface area contributed by atoms with Gasteiger partial charge >= 0.3 is 18.9 Å². The molecule has 1 aromatic rings. The number of hydrogen-bond acceptors (Lipinski definition) is 2. The monoisotopic (exact) mass is 173 g/mol. The maximum Gasteiger partial charge on any atom is 1.00 e. The molecule has 68 valence electrons. The van der Waals surface area contributed by atoms with Gasteiger partial charge in [0.15, 0.2) is 0 Å². The normalized spacial score (nSPS) is 9.85. The molecule has 1 rings (SSSR count). The van der Waals surface area contributed by atoms with Crippen molar-refractivity contribution in [1.29, 1.82) is 0 Å². The molecule has 1 N–H and O–H groups in total. The zero-order valence-electron chi connectivity index (χ0n) is 9.83. The number of nitrogens with zero attached hydrogens (tertiary/aromatic N) is 1. The molecular weight excluding hydrogens is 157 g/mol. The minimum atomic E-state index is 0. The van der Waals surface area contributed by atoms with Gasteiger partial charge in [0.05, 0.1) is 0 Å². The van der Waals surface area contributed by atoms with Gasteiger partial charge in [-0.15, -0.1) is 0 Å². The van der Waals surface area contributed by atoms with E-state index in [0.29, 0.717) is 5.75 Å². The molecule has 0 radical (unpaired) electrons. The summed E-state index contributed by atoms with van der Waals surface area (Å²) in [5.41, 5.74) is 2.07. The molecule has 0 spiro atoms. The van der Waals surface area contributed by atoms with Crippen molar-refractivity contribution in [2.75, 3.05) is 14.1 Å². The van der Waals surface area contributed by atoms with E-state index in [1.165, 1.54) is 0 Å². The predicted molar refractivity (Wildman–Crippen MR) is 51.3 cm³/mol. The first-order valence-electron chi connectivity index (χ1n) is 4.03. The fourth-order valence-corrected chi connectivity index (χ4v) is 1.15. The summed E-state index contributed by atoms with van der Waals surface area (Å²) < 4.78 is 0. The van der Waals surface area contributed by atoms with E-state index in [0.717, 1.165) is 17.7 Å². The van der Waals surface area contributed by atoms with Gasteiger partial charge in [0.25, 0.3) is 0 Å². The van der Waals surface area contributed by atoms with Crippen molar-refractivity contribution in [3.63, 3.8) is 0 Å². The van der Waals surface area contributed by atoms with Crippen molar-refractivity contribution >= 4 is 0 Å². The van der Waals surface area contributed by atoms with E-state index in [1.54, 1.807) is 6.07 Å². The van der Waals surface area contributed by atoms with Gasteiger partial charge in [0.2, 0.25) is 0 Å². The molecule has 0 aliphatic carbocycles. The second kappa shape index (κ2) is 5.34. The molecule has 1 aromatic carbocycles. The molecule has 0 heterocycles. The molecule has 0 aliphatic heterocycles. The molecule has 0 aliphatic rings. The Labute approximate surface area is 93.2 Å². The minimum Gasteiger partial charge on any atom is -1.00 e. The maximum absolute atomic E-state index is 9.51. The van der Waals surface area contributed by atoms with Gasteiger partial charge in [-0.3, -0.25) is 0 Å². The van der Waals surface area contributed by atoms with Crippen molar-refractivity contribution in [3.05, 3.63) is 29.3 Å². The molecule has 0 saturated heterocycles. The van der Waals surface area contributed by atoms with Crippen LogP contribution < -0.4 is 18.9 Å². The summed E-state index contributed by atoms with van der Waals surface area (Å²) in [6, 6.07) is 5.77. The maximum atomic E-state index is 9.51.